The van der Waals surface area contributed by atoms with Crippen molar-refractivity contribution in [3.05, 3.63) is 42.4 Å². The van der Waals surface area contributed by atoms with Gasteiger partial charge in [0, 0.05) is 49.6 Å². The van der Waals surface area contributed by atoms with Crippen molar-refractivity contribution >= 4 is 28.5 Å². The van der Waals surface area contributed by atoms with Crippen LogP contribution < -0.4 is 10.2 Å². The molecular weight excluding hydrogens is 366 g/mol. The summed E-state index contributed by atoms with van der Waals surface area (Å²) < 4.78 is 5.83. The van der Waals surface area contributed by atoms with Crippen LogP contribution in [0.5, 0.6) is 0 Å². The molecule has 3 N–H and O–H groups in total. The zero-order valence-electron chi connectivity index (χ0n) is 16.8. The second-order valence-electron chi connectivity index (χ2n) is 7.29. The first-order valence-corrected chi connectivity index (χ1v) is 9.68. The number of benzene rings is 1. The summed E-state index contributed by atoms with van der Waals surface area (Å²) in [6, 6.07) is 7.96. The average molecular weight is 391 g/mol. The van der Waals surface area contributed by atoms with Crippen molar-refractivity contribution in [2.45, 2.75) is 26.1 Å². The van der Waals surface area contributed by atoms with Crippen molar-refractivity contribution in [2.75, 3.05) is 25.0 Å². The fourth-order valence-electron chi connectivity index (χ4n) is 3.77. The SMILES string of the molecule is CN/C=C(\C=N)c1ccc2[nH]nc(-c3cc(N4C[C@@H](C)O[C@@H](C)C4)ncn3)c2c1. The number of hydrogen-bond acceptors (Lipinski definition) is 7. The lowest BCUT2D eigenvalue weighted by Crippen LogP contribution is -2.45. The number of aromatic amines is 1. The number of allylic oxidation sites excluding steroid dienone is 1. The van der Waals surface area contributed by atoms with Gasteiger partial charge in [-0.2, -0.15) is 5.10 Å². The monoisotopic (exact) mass is 391 g/mol. The molecule has 0 bridgehead atoms. The van der Waals surface area contributed by atoms with Gasteiger partial charge < -0.3 is 20.4 Å². The Morgan fingerprint density at radius 2 is 2.03 bits per heavy atom. The Balaban J connectivity index is 1.73. The highest BCUT2D eigenvalue weighted by Crippen LogP contribution is 2.29. The minimum atomic E-state index is 0.157. The Morgan fingerprint density at radius 3 is 2.76 bits per heavy atom. The maximum atomic E-state index is 7.67. The number of morpholine rings is 1. The summed E-state index contributed by atoms with van der Waals surface area (Å²) in [6.45, 7) is 5.74. The van der Waals surface area contributed by atoms with Crippen molar-refractivity contribution in [3.8, 4) is 11.4 Å². The van der Waals surface area contributed by atoms with Crippen LogP contribution in [0.2, 0.25) is 0 Å². The van der Waals surface area contributed by atoms with Crippen LogP contribution >= 0.6 is 0 Å². The third-order valence-corrected chi connectivity index (χ3v) is 4.99. The van der Waals surface area contributed by atoms with Crippen LogP contribution in [-0.2, 0) is 4.74 Å². The van der Waals surface area contributed by atoms with Gasteiger partial charge in [0.05, 0.1) is 23.4 Å². The summed E-state index contributed by atoms with van der Waals surface area (Å²) >= 11 is 0. The molecule has 8 heteroatoms. The Bertz CT molecular complexity index is 1050. The van der Waals surface area contributed by atoms with Crippen molar-refractivity contribution in [1.82, 2.24) is 25.5 Å². The molecular formula is C21H25N7O. The third-order valence-electron chi connectivity index (χ3n) is 4.99. The van der Waals surface area contributed by atoms with E-state index in [9.17, 15) is 0 Å². The Labute approximate surface area is 169 Å². The molecule has 1 aliphatic heterocycles. The van der Waals surface area contributed by atoms with Gasteiger partial charge in [-0.15, -0.1) is 0 Å². The number of anilines is 1. The number of hydrogen-bond donors (Lipinski definition) is 3. The maximum Gasteiger partial charge on any atom is 0.132 e. The van der Waals surface area contributed by atoms with E-state index >= 15 is 0 Å². The van der Waals surface area contributed by atoms with E-state index in [-0.39, 0.29) is 12.2 Å². The van der Waals surface area contributed by atoms with Gasteiger partial charge in [-0.05, 0) is 31.5 Å². The van der Waals surface area contributed by atoms with Gasteiger partial charge in [-0.25, -0.2) is 9.97 Å². The molecule has 4 rings (SSSR count). The van der Waals surface area contributed by atoms with Crippen LogP contribution in [0.25, 0.3) is 27.9 Å². The number of aromatic nitrogens is 4. The highest BCUT2D eigenvalue weighted by atomic mass is 16.5. The van der Waals surface area contributed by atoms with Crippen LogP contribution in [-0.4, -0.2) is 58.7 Å². The number of rotatable bonds is 5. The number of fused-ring (bicyclic) bond motifs is 1. The van der Waals surface area contributed by atoms with E-state index in [2.05, 4.69) is 44.2 Å². The van der Waals surface area contributed by atoms with E-state index in [0.29, 0.717) is 0 Å². The predicted octanol–water partition coefficient (Wildman–Crippen LogP) is 2.84. The zero-order valence-corrected chi connectivity index (χ0v) is 16.8. The van der Waals surface area contributed by atoms with E-state index in [1.54, 1.807) is 12.5 Å². The third kappa shape index (κ3) is 3.84. The van der Waals surface area contributed by atoms with Crippen molar-refractivity contribution in [2.24, 2.45) is 0 Å². The normalized spacial score (nSPS) is 20.1. The molecule has 0 radical (unpaired) electrons. The summed E-state index contributed by atoms with van der Waals surface area (Å²) in [4.78, 5) is 11.2. The largest absolute Gasteiger partial charge is 0.393 e. The zero-order chi connectivity index (χ0) is 20.4. The van der Waals surface area contributed by atoms with Gasteiger partial charge in [0.2, 0.25) is 0 Å². The molecule has 2 atom stereocenters. The second-order valence-corrected chi connectivity index (χ2v) is 7.29. The van der Waals surface area contributed by atoms with E-state index in [0.717, 1.165) is 52.3 Å². The fraction of sp³-hybridized carbons (Fsp3) is 0.333. The second kappa shape index (κ2) is 8.00. The molecule has 0 amide bonds. The number of ether oxygens (including phenoxy) is 1. The number of nitrogens with one attached hydrogen (secondary N) is 3. The summed E-state index contributed by atoms with van der Waals surface area (Å²) in [5.41, 5.74) is 4.19. The Morgan fingerprint density at radius 1 is 1.24 bits per heavy atom. The summed E-state index contributed by atoms with van der Waals surface area (Å²) in [5.74, 6) is 0.875. The average Bonchev–Trinajstić information content (AvgIpc) is 3.14. The van der Waals surface area contributed by atoms with Crippen LogP contribution in [0.1, 0.15) is 19.4 Å². The predicted molar refractivity (Wildman–Crippen MR) is 115 cm³/mol. The quantitative estimate of drug-likeness (QED) is 0.578. The Hall–Kier alpha value is -3.26. The van der Waals surface area contributed by atoms with E-state index in [1.165, 1.54) is 6.21 Å². The standard InChI is InChI=1S/C21H25N7O/c1-13-10-28(11-14(2)29-13)20-7-19(24-12-25-20)21-17-6-15(16(8-22)9-23-3)4-5-18(17)26-27-21/h4-9,12-14,22-23H,10-11H2,1-3H3,(H,26,27)/b16-9+,22-8?/t13-,14+. The van der Waals surface area contributed by atoms with Crippen molar-refractivity contribution in [1.29, 1.82) is 5.41 Å². The maximum absolute atomic E-state index is 7.67. The smallest absolute Gasteiger partial charge is 0.132 e. The lowest BCUT2D eigenvalue weighted by Gasteiger charge is -2.36. The van der Waals surface area contributed by atoms with Gasteiger partial charge in [0.15, 0.2) is 0 Å². The molecule has 0 saturated carbocycles. The van der Waals surface area contributed by atoms with Gasteiger partial charge in [-0.3, -0.25) is 5.10 Å². The molecule has 1 saturated heterocycles. The molecule has 0 aliphatic carbocycles. The molecule has 1 aromatic carbocycles. The number of H-pyrrole nitrogens is 1. The number of nitrogens with zero attached hydrogens (tertiary/aromatic N) is 4. The topological polar surface area (TPSA) is 103 Å². The summed E-state index contributed by atoms with van der Waals surface area (Å²) in [7, 11) is 1.82. The molecule has 29 heavy (non-hydrogen) atoms. The highest BCUT2D eigenvalue weighted by molar-refractivity contribution is 6.09. The lowest BCUT2D eigenvalue weighted by atomic mass is 10.0. The first-order valence-electron chi connectivity index (χ1n) is 9.68. The van der Waals surface area contributed by atoms with Gasteiger partial charge in [0.25, 0.3) is 0 Å². The highest BCUT2D eigenvalue weighted by Gasteiger charge is 2.24. The van der Waals surface area contributed by atoms with Crippen molar-refractivity contribution < 1.29 is 4.74 Å². The fourth-order valence-corrected chi connectivity index (χ4v) is 3.77. The van der Waals surface area contributed by atoms with Crippen LogP contribution in [0.3, 0.4) is 0 Å². The molecule has 0 spiro atoms. The van der Waals surface area contributed by atoms with Crippen LogP contribution in [0.15, 0.2) is 36.8 Å². The van der Waals surface area contributed by atoms with E-state index in [4.69, 9.17) is 10.1 Å². The molecule has 0 unspecified atom stereocenters. The van der Waals surface area contributed by atoms with Gasteiger partial charge in [-0.1, -0.05) is 6.07 Å². The molecule has 1 fully saturated rings. The minimum Gasteiger partial charge on any atom is -0.393 e. The lowest BCUT2D eigenvalue weighted by molar-refractivity contribution is -0.00546. The first kappa shape index (κ1) is 19.1. The molecule has 3 heterocycles. The summed E-state index contributed by atoms with van der Waals surface area (Å²) in [5, 5.41) is 19.2. The molecule has 1 aliphatic rings. The molecule has 8 nitrogen and oxygen atoms in total. The van der Waals surface area contributed by atoms with Gasteiger partial charge in [0.1, 0.15) is 17.8 Å². The molecule has 3 aromatic rings. The summed E-state index contributed by atoms with van der Waals surface area (Å²) in [6.07, 6.45) is 5.04. The first-order chi connectivity index (χ1) is 14.1. The van der Waals surface area contributed by atoms with E-state index in [1.807, 2.05) is 31.3 Å². The minimum absolute atomic E-state index is 0.157. The van der Waals surface area contributed by atoms with Crippen LogP contribution in [0.4, 0.5) is 5.82 Å². The van der Waals surface area contributed by atoms with Gasteiger partial charge >= 0.3 is 0 Å². The molecule has 2 aromatic heterocycles. The molecule has 150 valence electrons. The van der Waals surface area contributed by atoms with E-state index < -0.39 is 0 Å². The van der Waals surface area contributed by atoms with Crippen molar-refractivity contribution in [3.63, 3.8) is 0 Å². The van der Waals surface area contributed by atoms with Crippen LogP contribution in [0, 0.1) is 5.41 Å². The Kier molecular flexibility index (Phi) is 5.26.